The van der Waals surface area contributed by atoms with E-state index < -0.39 is 0 Å². The Morgan fingerprint density at radius 2 is 2.13 bits per heavy atom. The third-order valence-corrected chi connectivity index (χ3v) is 5.24. The Morgan fingerprint density at radius 3 is 2.83 bits per heavy atom. The molecule has 0 N–H and O–H groups in total. The Bertz CT molecular complexity index is 977. The van der Waals surface area contributed by atoms with Gasteiger partial charge in [-0.2, -0.15) is 0 Å². The number of hydrogen-bond donors (Lipinski definition) is 0. The summed E-state index contributed by atoms with van der Waals surface area (Å²) in [6.45, 7) is 2.40. The Labute approximate surface area is 140 Å². The summed E-state index contributed by atoms with van der Waals surface area (Å²) in [6, 6.07) is 8.32. The first-order valence-corrected chi connectivity index (χ1v) is 8.48. The number of benzene rings is 1. The SMILES string of the molecule is CCN1C(=O)c2oc3ccc(Cl)cc3c(=O)c2C1c1cccs1. The van der Waals surface area contributed by atoms with Crippen molar-refractivity contribution in [1.82, 2.24) is 4.90 Å². The maximum absolute atomic E-state index is 13.0. The average Bonchev–Trinajstić information content (AvgIpc) is 3.15. The summed E-state index contributed by atoms with van der Waals surface area (Å²) in [4.78, 5) is 28.3. The van der Waals surface area contributed by atoms with Crippen molar-refractivity contribution in [2.45, 2.75) is 13.0 Å². The van der Waals surface area contributed by atoms with Gasteiger partial charge in [-0.05, 0) is 36.6 Å². The molecule has 6 heteroatoms. The van der Waals surface area contributed by atoms with E-state index in [1.165, 1.54) is 11.3 Å². The van der Waals surface area contributed by atoms with Crippen LogP contribution >= 0.6 is 22.9 Å². The molecule has 0 bridgehead atoms. The maximum Gasteiger partial charge on any atom is 0.290 e. The quantitative estimate of drug-likeness (QED) is 0.703. The van der Waals surface area contributed by atoms with Crippen molar-refractivity contribution >= 4 is 39.8 Å². The summed E-state index contributed by atoms with van der Waals surface area (Å²) in [5, 5.41) is 2.81. The second kappa shape index (κ2) is 5.22. The molecule has 0 spiro atoms. The lowest BCUT2D eigenvalue weighted by Crippen LogP contribution is -2.28. The minimum atomic E-state index is -0.387. The highest BCUT2D eigenvalue weighted by molar-refractivity contribution is 7.10. The molecule has 23 heavy (non-hydrogen) atoms. The normalized spacial score (nSPS) is 17.0. The summed E-state index contributed by atoms with van der Waals surface area (Å²) >= 11 is 7.53. The van der Waals surface area contributed by atoms with Crippen molar-refractivity contribution in [2.24, 2.45) is 0 Å². The number of nitrogens with zero attached hydrogens (tertiary/aromatic N) is 1. The van der Waals surface area contributed by atoms with Crippen LogP contribution in [-0.4, -0.2) is 17.4 Å². The van der Waals surface area contributed by atoms with Gasteiger partial charge in [0.05, 0.1) is 17.0 Å². The smallest absolute Gasteiger partial charge is 0.290 e. The lowest BCUT2D eigenvalue weighted by molar-refractivity contribution is 0.0739. The summed E-state index contributed by atoms with van der Waals surface area (Å²) in [7, 11) is 0. The number of carbonyl (C=O) groups is 1. The highest BCUT2D eigenvalue weighted by Crippen LogP contribution is 2.39. The van der Waals surface area contributed by atoms with Gasteiger partial charge in [0.1, 0.15) is 5.58 Å². The molecule has 0 saturated heterocycles. The maximum atomic E-state index is 13.0. The summed E-state index contributed by atoms with van der Waals surface area (Å²) < 4.78 is 5.77. The van der Waals surface area contributed by atoms with Gasteiger partial charge >= 0.3 is 0 Å². The first-order valence-electron chi connectivity index (χ1n) is 7.22. The molecule has 2 aromatic heterocycles. The molecule has 116 valence electrons. The molecule has 0 aliphatic carbocycles. The summed E-state index contributed by atoms with van der Waals surface area (Å²) in [6.07, 6.45) is 0. The van der Waals surface area contributed by atoms with E-state index in [1.807, 2.05) is 24.4 Å². The van der Waals surface area contributed by atoms with Crippen LogP contribution in [-0.2, 0) is 0 Å². The van der Waals surface area contributed by atoms with E-state index in [-0.39, 0.29) is 23.1 Å². The van der Waals surface area contributed by atoms with E-state index in [2.05, 4.69) is 0 Å². The van der Waals surface area contributed by atoms with Crippen LogP contribution in [0.5, 0.6) is 0 Å². The van der Waals surface area contributed by atoms with Crippen LogP contribution in [0.2, 0.25) is 5.02 Å². The number of fused-ring (bicyclic) bond motifs is 2. The van der Waals surface area contributed by atoms with Gasteiger partial charge in [-0.15, -0.1) is 11.3 Å². The predicted octanol–water partition coefficient (Wildman–Crippen LogP) is 4.07. The van der Waals surface area contributed by atoms with Gasteiger partial charge < -0.3 is 9.32 Å². The highest BCUT2D eigenvalue weighted by Gasteiger charge is 2.42. The molecule has 4 nitrogen and oxygen atoms in total. The van der Waals surface area contributed by atoms with Crippen LogP contribution in [0.15, 0.2) is 44.9 Å². The van der Waals surface area contributed by atoms with Gasteiger partial charge in [-0.3, -0.25) is 9.59 Å². The van der Waals surface area contributed by atoms with Crippen molar-refractivity contribution in [1.29, 1.82) is 0 Å². The van der Waals surface area contributed by atoms with E-state index in [0.29, 0.717) is 28.1 Å². The van der Waals surface area contributed by atoms with Crippen molar-refractivity contribution < 1.29 is 9.21 Å². The standard InChI is InChI=1S/C17H12ClNO3S/c1-2-19-14(12-4-3-7-23-12)13-15(20)10-8-9(18)5-6-11(10)22-16(13)17(19)21/h3-8,14H,2H2,1H3. The molecule has 1 aliphatic heterocycles. The lowest BCUT2D eigenvalue weighted by Gasteiger charge is -2.21. The molecule has 0 radical (unpaired) electrons. The topological polar surface area (TPSA) is 50.5 Å². The Kier molecular flexibility index (Phi) is 3.28. The van der Waals surface area contributed by atoms with Gasteiger partial charge in [0, 0.05) is 16.4 Å². The first-order chi connectivity index (χ1) is 11.1. The van der Waals surface area contributed by atoms with Gasteiger partial charge in [0.25, 0.3) is 5.91 Å². The zero-order chi connectivity index (χ0) is 16.1. The van der Waals surface area contributed by atoms with Crippen molar-refractivity contribution in [2.75, 3.05) is 6.54 Å². The van der Waals surface area contributed by atoms with Crippen LogP contribution in [0.25, 0.3) is 11.0 Å². The predicted molar refractivity (Wildman–Crippen MR) is 90.4 cm³/mol. The minimum Gasteiger partial charge on any atom is -0.450 e. The van der Waals surface area contributed by atoms with Crippen LogP contribution < -0.4 is 5.43 Å². The molecule has 1 aromatic carbocycles. The lowest BCUT2D eigenvalue weighted by atomic mass is 10.0. The van der Waals surface area contributed by atoms with Gasteiger partial charge in [-0.1, -0.05) is 17.7 Å². The number of thiophene rings is 1. The second-order valence-electron chi connectivity index (χ2n) is 5.32. The number of amides is 1. The minimum absolute atomic E-state index is 0.144. The first kappa shape index (κ1) is 14.5. The van der Waals surface area contributed by atoms with Gasteiger partial charge in [-0.25, -0.2) is 0 Å². The molecule has 1 atom stereocenters. The fourth-order valence-corrected chi connectivity index (χ4v) is 4.08. The largest absolute Gasteiger partial charge is 0.450 e. The third-order valence-electron chi connectivity index (χ3n) is 4.08. The summed E-state index contributed by atoms with van der Waals surface area (Å²) in [5.41, 5.74) is 0.606. The molecule has 4 rings (SSSR count). The van der Waals surface area contributed by atoms with E-state index >= 15 is 0 Å². The van der Waals surface area contributed by atoms with Crippen LogP contribution in [0, 0.1) is 0 Å². The van der Waals surface area contributed by atoms with E-state index in [4.69, 9.17) is 16.0 Å². The zero-order valence-electron chi connectivity index (χ0n) is 12.2. The molecule has 1 unspecified atom stereocenters. The Morgan fingerprint density at radius 1 is 1.30 bits per heavy atom. The fraction of sp³-hybridized carbons (Fsp3) is 0.176. The fourth-order valence-electron chi connectivity index (χ4n) is 3.06. The van der Waals surface area contributed by atoms with Crippen molar-refractivity contribution in [3.05, 3.63) is 67.2 Å². The number of carbonyl (C=O) groups excluding carboxylic acids is 1. The van der Waals surface area contributed by atoms with Crippen molar-refractivity contribution in [3.63, 3.8) is 0 Å². The molecule has 3 heterocycles. The molecule has 0 saturated carbocycles. The highest BCUT2D eigenvalue weighted by atomic mass is 35.5. The van der Waals surface area contributed by atoms with E-state index in [0.717, 1.165) is 4.88 Å². The Balaban J connectivity index is 2.07. The monoisotopic (exact) mass is 345 g/mol. The summed E-state index contributed by atoms with van der Waals surface area (Å²) in [5.74, 6) is -0.0973. The molecular weight excluding hydrogens is 334 g/mol. The van der Waals surface area contributed by atoms with Gasteiger partial charge in [0.15, 0.2) is 5.43 Å². The zero-order valence-corrected chi connectivity index (χ0v) is 13.8. The van der Waals surface area contributed by atoms with Crippen LogP contribution in [0.1, 0.15) is 34.0 Å². The van der Waals surface area contributed by atoms with E-state index in [9.17, 15) is 9.59 Å². The van der Waals surface area contributed by atoms with Crippen LogP contribution in [0.3, 0.4) is 0 Å². The Hall–Kier alpha value is -2.11. The second-order valence-corrected chi connectivity index (χ2v) is 6.74. The molecule has 3 aromatic rings. The third kappa shape index (κ3) is 2.04. The van der Waals surface area contributed by atoms with Crippen molar-refractivity contribution in [3.8, 4) is 0 Å². The molecule has 1 amide bonds. The van der Waals surface area contributed by atoms with Crippen LogP contribution in [0.4, 0.5) is 0 Å². The number of hydrogen-bond acceptors (Lipinski definition) is 4. The van der Waals surface area contributed by atoms with E-state index in [1.54, 1.807) is 23.1 Å². The molecule has 0 fully saturated rings. The molecular formula is C17H12ClNO3S. The average molecular weight is 346 g/mol. The molecule has 1 aliphatic rings. The number of halogens is 1. The van der Waals surface area contributed by atoms with Gasteiger partial charge in [0.2, 0.25) is 5.76 Å². The number of rotatable bonds is 2.